The first-order chi connectivity index (χ1) is 13.4. The Bertz CT molecular complexity index is 571. The molecule has 4 nitrogen and oxygen atoms in total. The highest BCUT2D eigenvalue weighted by atomic mass is 28.4. The van der Waals surface area contributed by atoms with E-state index in [0.29, 0.717) is 12.8 Å². The number of carbonyl (C=O) groups excluding carboxylic acids is 1. The molecule has 0 heterocycles. The van der Waals surface area contributed by atoms with Crippen LogP contribution in [0.2, 0.25) is 36.3 Å². The first-order valence-electron chi connectivity index (χ1n) is 11.2. The second kappa shape index (κ2) is 11.3. The average molecular weight is 457 g/mol. The van der Waals surface area contributed by atoms with Crippen molar-refractivity contribution in [3.05, 3.63) is 25.3 Å². The summed E-state index contributed by atoms with van der Waals surface area (Å²) in [5, 5.41) is 0.252. The van der Waals surface area contributed by atoms with Crippen molar-refractivity contribution in [2.45, 2.75) is 122 Å². The zero-order chi connectivity index (χ0) is 24.0. The van der Waals surface area contributed by atoms with Gasteiger partial charge in [-0.2, -0.15) is 0 Å². The lowest BCUT2D eigenvalue weighted by Gasteiger charge is -2.42. The number of rotatable bonds is 12. The molecule has 0 aliphatic carbocycles. The lowest BCUT2D eigenvalue weighted by atomic mass is 10.0. The van der Waals surface area contributed by atoms with Gasteiger partial charge in [0.05, 0.1) is 6.10 Å². The molecule has 0 rings (SSSR count). The lowest BCUT2D eigenvalue weighted by molar-refractivity contribution is -0.144. The van der Waals surface area contributed by atoms with Crippen molar-refractivity contribution in [3.63, 3.8) is 0 Å². The summed E-state index contributed by atoms with van der Waals surface area (Å²) in [6.07, 6.45) is 4.75. The monoisotopic (exact) mass is 456 g/mol. The fourth-order valence-electron chi connectivity index (χ4n) is 2.77. The first-order valence-corrected chi connectivity index (χ1v) is 17.0. The van der Waals surface area contributed by atoms with Gasteiger partial charge < -0.3 is 13.6 Å². The molecule has 0 amide bonds. The average Bonchev–Trinajstić information content (AvgIpc) is 2.51. The summed E-state index contributed by atoms with van der Waals surface area (Å²) < 4.78 is 19.0. The normalized spacial score (nSPS) is 16.5. The summed E-state index contributed by atoms with van der Waals surface area (Å²) in [6, 6.07) is 0. The van der Waals surface area contributed by atoms with Gasteiger partial charge in [0, 0.05) is 25.0 Å². The van der Waals surface area contributed by atoms with Gasteiger partial charge in [-0.15, -0.1) is 6.58 Å². The first kappa shape index (κ1) is 29.3. The highest BCUT2D eigenvalue weighted by molar-refractivity contribution is 6.74. The van der Waals surface area contributed by atoms with Crippen LogP contribution >= 0.6 is 0 Å². The molecule has 0 aromatic rings. The molecule has 0 unspecified atom stereocenters. The standard InChI is InChI=1S/C24H48O4Si2/c1-14-16-20(26-22(25)15-2)18-21(28-30(12,13)24(7,8)9)17-19(3)27-29(10,11)23(4,5)6/h14-15,19-21H,1-2,16-18H2,3-13H3/t19-,20+,21-/m0/s1. The number of esters is 1. The third kappa shape index (κ3) is 9.62. The van der Waals surface area contributed by atoms with E-state index < -0.39 is 22.6 Å². The summed E-state index contributed by atoms with van der Waals surface area (Å²) >= 11 is 0. The molecule has 0 saturated carbocycles. The molecular weight excluding hydrogens is 408 g/mol. The number of hydrogen-bond acceptors (Lipinski definition) is 4. The van der Waals surface area contributed by atoms with Gasteiger partial charge in [0.25, 0.3) is 0 Å². The van der Waals surface area contributed by atoms with Crippen molar-refractivity contribution in [3.8, 4) is 0 Å². The van der Waals surface area contributed by atoms with Crippen LogP contribution in [0.1, 0.15) is 67.7 Å². The molecular formula is C24H48O4Si2. The lowest BCUT2D eigenvalue weighted by Crippen LogP contribution is -2.47. The molecule has 0 aliphatic rings. The Morgan fingerprint density at radius 1 is 0.867 bits per heavy atom. The SMILES string of the molecule is C=CC[C@H](C[C@H](C[C@H](C)O[Si](C)(C)C(C)(C)C)O[Si](C)(C)C(C)(C)C)OC(=O)C=C. The summed E-state index contributed by atoms with van der Waals surface area (Å²) in [5.41, 5.74) is 0. The minimum atomic E-state index is -2.00. The Kier molecular flexibility index (Phi) is 11.0. The molecule has 6 heteroatoms. The number of hydrogen-bond donors (Lipinski definition) is 0. The highest BCUT2D eigenvalue weighted by Crippen LogP contribution is 2.40. The second-order valence-electron chi connectivity index (χ2n) is 11.4. The molecule has 0 bridgehead atoms. The van der Waals surface area contributed by atoms with Crippen LogP contribution in [0.5, 0.6) is 0 Å². The summed E-state index contributed by atoms with van der Waals surface area (Å²) in [5.74, 6) is -0.404. The summed E-state index contributed by atoms with van der Waals surface area (Å²) in [7, 11) is -3.88. The van der Waals surface area contributed by atoms with Crippen LogP contribution in [0.15, 0.2) is 25.3 Å². The van der Waals surface area contributed by atoms with Crippen LogP contribution in [-0.4, -0.2) is 40.9 Å². The van der Waals surface area contributed by atoms with Crippen LogP contribution in [0, 0.1) is 0 Å². The van der Waals surface area contributed by atoms with Crippen molar-refractivity contribution in [2.75, 3.05) is 0 Å². The molecule has 0 saturated heterocycles. The van der Waals surface area contributed by atoms with Crippen molar-refractivity contribution < 1.29 is 18.4 Å². The fraction of sp³-hybridized carbons (Fsp3) is 0.792. The van der Waals surface area contributed by atoms with Gasteiger partial charge in [0.1, 0.15) is 6.10 Å². The van der Waals surface area contributed by atoms with E-state index in [1.54, 1.807) is 6.08 Å². The van der Waals surface area contributed by atoms with Crippen molar-refractivity contribution in [2.24, 2.45) is 0 Å². The van der Waals surface area contributed by atoms with Gasteiger partial charge in [0.15, 0.2) is 16.6 Å². The Morgan fingerprint density at radius 3 is 1.73 bits per heavy atom. The summed E-state index contributed by atoms with van der Waals surface area (Å²) in [6.45, 7) is 32.0. The van der Waals surface area contributed by atoms with E-state index in [4.69, 9.17) is 13.6 Å². The van der Waals surface area contributed by atoms with E-state index in [0.717, 1.165) is 6.42 Å². The van der Waals surface area contributed by atoms with E-state index in [-0.39, 0.29) is 28.4 Å². The van der Waals surface area contributed by atoms with E-state index in [1.807, 2.05) is 0 Å². The third-order valence-corrected chi connectivity index (χ3v) is 15.7. The molecule has 0 aliphatic heterocycles. The van der Waals surface area contributed by atoms with Gasteiger partial charge in [-0.05, 0) is 49.6 Å². The molecule has 0 aromatic carbocycles. The third-order valence-electron chi connectivity index (χ3n) is 6.57. The fourth-order valence-corrected chi connectivity index (χ4v) is 5.60. The number of carbonyl (C=O) groups is 1. The van der Waals surface area contributed by atoms with Crippen LogP contribution in [0.3, 0.4) is 0 Å². The van der Waals surface area contributed by atoms with Gasteiger partial charge in [-0.25, -0.2) is 4.79 Å². The van der Waals surface area contributed by atoms with Crippen LogP contribution in [0.25, 0.3) is 0 Å². The van der Waals surface area contributed by atoms with Gasteiger partial charge in [-0.3, -0.25) is 0 Å². The molecule has 3 atom stereocenters. The van der Waals surface area contributed by atoms with Crippen molar-refractivity contribution in [1.29, 1.82) is 0 Å². The van der Waals surface area contributed by atoms with Crippen LogP contribution < -0.4 is 0 Å². The molecule has 30 heavy (non-hydrogen) atoms. The van der Waals surface area contributed by atoms with Crippen molar-refractivity contribution in [1.82, 2.24) is 0 Å². The van der Waals surface area contributed by atoms with Gasteiger partial charge in [-0.1, -0.05) is 54.2 Å². The minimum absolute atomic E-state index is 0.0479. The van der Waals surface area contributed by atoms with Crippen molar-refractivity contribution >= 4 is 22.6 Å². The van der Waals surface area contributed by atoms with E-state index >= 15 is 0 Å². The molecule has 0 aromatic heterocycles. The second-order valence-corrected chi connectivity index (χ2v) is 21.0. The molecule has 0 spiro atoms. The zero-order valence-corrected chi connectivity index (χ0v) is 23.6. The Hall–Kier alpha value is -0.696. The zero-order valence-electron chi connectivity index (χ0n) is 21.6. The molecule has 176 valence electrons. The minimum Gasteiger partial charge on any atom is -0.459 e. The van der Waals surface area contributed by atoms with Gasteiger partial charge >= 0.3 is 5.97 Å². The van der Waals surface area contributed by atoms with E-state index in [2.05, 4.69) is 87.8 Å². The number of ether oxygens (including phenoxy) is 1. The van der Waals surface area contributed by atoms with E-state index in [9.17, 15) is 4.79 Å². The Morgan fingerprint density at radius 2 is 1.33 bits per heavy atom. The highest BCUT2D eigenvalue weighted by Gasteiger charge is 2.42. The Labute approximate surface area is 188 Å². The maximum absolute atomic E-state index is 11.8. The predicted octanol–water partition coefficient (Wildman–Crippen LogP) is 7.24. The topological polar surface area (TPSA) is 44.8 Å². The maximum Gasteiger partial charge on any atom is 0.330 e. The Balaban J connectivity index is 5.58. The molecule has 0 radical (unpaired) electrons. The predicted molar refractivity (Wildman–Crippen MR) is 134 cm³/mol. The maximum atomic E-state index is 11.8. The van der Waals surface area contributed by atoms with E-state index in [1.165, 1.54) is 6.08 Å². The quantitative estimate of drug-likeness (QED) is 0.134. The summed E-state index contributed by atoms with van der Waals surface area (Å²) in [4.78, 5) is 11.8. The van der Waals surface area contributed by atoms with Crippen LogP contribution in [-0.2, 0) is 18.4 Å². The molecule has 0 fully saturated rings. The molecule has 0 N–H and O–H groups in total. The largest absolute Gasteiger partial charge is 0.459 e. The smallest absolute Gasteiger partial charge is 0.330 e. The van der Waals surface area contributed by atoms with Gasteiger partial charge in [0.2, 0.25) is 0 Å². The van der Waals surface area contributed by atoms with Crippen LogP contribution in [0.4, 0.5) is 0 Å².